The second-order valence-corrected chi connectivity index (χ2v) is 5.71. The van der Waals surface area contributed by atoms with E-state index in [0.29, 0.717) is 9.79 Å². The molecule has 0 atom stereocenters. The van der Waals surface area contributed by atoms with Gasteiger partial charge in [0, 0.05) is 11.4 Å². The number of nitrogens with two attached hydrogens (primary N) is 1. The predicted octanol–water partition coefficient (Wildman–Crippen LogP) is 2.96. The minimum Gasteiger partial charge on any atom is -0.370 e. The first-order valence-electron chi connectivity index (χ1n) is 5.50. The maximum Gasteiger partial charge on any atom is 0.219 e. The molecule has 1 aromatic carbocycles. The Balaban J connectivity index is 2.70. The number of carbonyl (C=O) groups is 1. The van der Waals surface area contributed by atoms with Crippen molar-refractivity contribution in [3.63, 3.8) is 0 Å². The van der Waals surface area contributed by atoms with E-state index in [1.54, 1.807) is 6.07 Å². The lowest BCUT2D eigenvalue weighted by Crippen LogP contribution is -2.32. The number of imidazole rings is 1. The number of amides is 1. The second-order valence-electron chi connectivity index (χ2n) is 4.88. The van der Waals surface area contributed by atoms with Crippen molar-refractivity contribution in [2.45, 2.75) is 25.8 Å². The normalized spacial score (nSPS) is 11.9. The van der Waals surface area contributed by atoms with E-state index in [0.717, 1.165) is 11.0 Å². The number of aromatic nitrogens is 2. The van der Waals surface area contributed by atoms with Gasteiger partial charge in [-0.1, -0.05) is 11.6 Å². The summed E-state index contributed by atoms with van der Waals surface area (Å²) in [5.41, 5.74) is 6.56. The first kappa shape index (κ1) is 13.1. The van der Waals surface area contributed by atoms with E-state index in [1.165, 1.54) is 0 Å². The van der Waals surface area contributed by atoms with Gasteiger partial charge in [-0.25, -0.2) is 0 Å². The van der Waals surface area contributed by atoms with E-state index >= 15 is 0 Å². The quantitative estimate of drug-likeness (QED) is 0.851. The van der Waals surface area contributed by atoms with Crippen LogP contribution in [0.4, 0.5) is 0 Å². The molecule has 96 valence electrons. The van der Waals surface area contributed by atoms with Crippen molar-refractivity contribution in [3.8, 4) is 0 Å². The minimum atomic E-state index is -0.494. The molecule has 18 heavy (non-hydrogen) atoms. The van der Waals surface area contributed by atoms with Gasteiger partial charge in [0.15, 0.2) is 4.77 Å². The number of H-pyrrole nitrogens is 1. The highest BCUT2D eigenvalue weighted by Crippen LogP contribution is 2.28. The lowest BCUT2D eigenvalue weighted by molar-refractivity contribution is -0.119. The van der Waals surface area contributed by atoms with Crippen molar-refractivity contribution in [2.24, 2.45) is 5.73 Å². The summed E-state index contributed by atoms with van der Waals surface area (Å²) < 4.78 is 2.44. The third kappa shape index (κ3) is 2.28. The van der Waals surface area contributed by atoms with Crippen molar-refractivity contribution < 1.29 is 4.79 Å². The fourth-order valence-electron chi connectivity index (χ4n) is 2.18. The van der Waals surface area contributed by atoms with Gasteiger partial charge in [0.2, 0.25) is 5.91 Å². The van der Waals surface area contributed by atoms with Crippen molar-refractivity contribution >= 4 is 40.8 Å². The first-order valence-corrected chi connectivity index (χ1v) is 6.29. The Morgan fingerprint density at radius 1 is 1.56 bits per heavy atom. The van der Waals surface area contributed by atoms with E-state index in [-0.39, 0.29) is 12.3 Å². The minimum absolute atomic E-state index is 0.209. The molecular formula is C12H14ClN3OS. The molecule has 0 radical (unpaired) electrons. The van der Waals surface area contributed by atoms with Crippen LogP contribution < -0.4 is 5.73 Å². The van der Waals surface area contributed by atoms with Crippen molar-refractivity contribution in [1.82, 2.24) is 9.55 Å². The van der Waals surface area contributed by atoms with Crippen LogP contribution in [0.25, 0.3) is 11.0 Å². The number of hydrogen-bond donors (Lipinski definition) is 2. The lowest BCUT2D eigenvalue weighted by atomic mass is 10.00. The van der Waals surface area contributed by atoms with Crippen LogP contribution in [0.1, 0.15) is 20.3 Å². The highest BCUT2D eigenvalue weighted by molar-refractivity contribution is 7.71. The molecule has 3 N–H and O–H groups in total. The van der Waals surface area contributed by atoms with E-state index in [4.69, 9.17) is 29.6 Å². The lowest BCUT2D eigenvalue weighted by Gasteiger charge is -2.26. The van der Waals surface area contributed by atoms with Gasteiger partial charge in [-0.3, -0.25) is 4.79 Å². The highest BCUT2D eigenvalue weighted by atomic mass is 35.5. The number of nitrogens with zero attached hydrogens (tertiary/aromatic N) is 1. The largest absolute Gasteiger partial charge is 0.370 e. The van der Waals surface area contributed by atoms with Gasteiger partial charge in [0.05, 0.1) is 16.6 Å². The van der Waals surface area contributed by atoms with Crippen LogP contribution in [0.5, 0.6) is 0 Å². The zero-order chi connectivity index (χ0) is 13.5. The van der Waals surface area contributed by atoms with Gasteiger partial charge in [-0.05, 0) is 44.3 Å². The fraction of sp³-hybridized carbons (Fsp3) is 0.333. The summed E-state index contributed by atoms with van der Waals surface area (Å²) in [6.07, 6.45) is 0.209. The second kappa shape index (κ2) is 4.40. The van der Waals surface area contributed by atoms with Crippen molar-refractivity contribution in [3.05, 3.63) is 28.0 Å². The molecule has 0 aliphatic carbocycles. The van der Waals surface area contributed by atoms with E-state index in [1.807, 2.05) is 30.5 Å². The number of hydrogen-bond acceptors (Lipinski definition) is 2. The van der Waals surface area contributed by atoms with Crippen LogP contribution in [0, 0.1) is 4.77 Å². The molecule has 0 unspecified atom stereocenters. The average Bonchev–Trinajstić information content (AvgIpc) is 2.51. The Hall–Kier alpha value is -1.33. The number of halogens is 1. The molecule has 0 saturated carbocycles. The SMILES string of the molecule is CC(C)(CC(N)=O)n1c(=S)[nH]c2ccc(Cl)cc21. The number of primary amides is 1. The summed E-state index contributed by atoms with van der Waals surface area (Å²) in [6, 6.07) is 5.48. The topological polar surface area (TPSA) is 63.8 Å². The summed E-state index contributed by atoms with van der Waals surface area (Å²) in [6.45, 7) is 3.84. The summed E-state index contributed by atoms with van der Waals surface area (Å²) >= 11 is 11.3. The van der Waals surface area contributed by atoms with Crippen LogP contribution >= 0.6 is 23.8 Å². The number of carbonyl (C=O) groups excluding carboxylic acids is 1. The maximum absolute atomic E-state index is 11.2. The Labute approximate surface area is 115 Å². The number of nitrogens with one attached hydrogen (secondary N) is 1. The molecule has 0 saturated heterocycles. The van der Waals surface area contributed by atoms with Gasteiger partial charge in [-0.15, -0.1) is 0 Å². The molecule has 2 rings (SSSR count). The van der Waals surface area contributed by atoms with Crippen LogP contribution in [-0.4, -0.2) is 15.5 Å². The highest BCUT2D eigenvalue weighted by Gasteiger charge is 2.25. The molecule has 2 aromatic rings. The molecule has 6 heteroatoms. The van der Waals surface area contributed by atoms with Crippen molar-refractivity contribution in [1.29, 1.82) is 0 Å². The van der Waals surface area contributed by atoms with Gasteiger partial charge >= 0.3 is 0 Å². The Bertz CT molecular complexity index is 672. The number of benzene rings is 1. The molecule has 1 aromatic heterocycles. The van der Waals surface area contributed by atoms with Gasteiger partial charge in [-0.2, -0.15) is 0 Å². The summed E-state index contributed by atoms with van der Waals surface area (Å²) in [7, 11) is 0. The fourth-order valence-corrected chi connectivity index (χ4v) is 2.80. The number of fused-ring (bicyclic) bond motifs is 1. The Morgan fingerprint density at radius 2 is 2.22 bits per heavy atom. The maximum atomic E-state index is 11.2. The molecule has 0 bridgehead atoms. The molecule has 0 aliphatic heterocycles. The molecule has 0 aliphatic rings. The number of rotatable bonds is 3. The molecule has 0 fully saturated rings. The first-order chi connectivity index (χ1) is 8.31. The summed E-state index contributed by atoms with van der Waals surface area (Å²) in [5.74, 6) is -0.363. The molecule has 1 heterocycles. The van der Waals surface area contributed by atoms with Crippen LogP contribution in [0.15, 0.2) is 18.2 Å². The molecule has 1 amide bonds. The molecule has 4 nitrogen and oxygen atoms in total. The van der Waals surface area contributed by atoms with Crippen LogP contribution in [0.2, 0.25) is 5.02 Å². The van der Waals surface area contributed by atoms with Gasteiger partial charge in [0.25, 0.3) is 0 Å². The zero-order valence-corrected chi connectivity index (χ0v) is 11.7. The van der Waals surface area contributed by atoms with E-state index in [2.05, 4.69) is 4.98 Å². The average molecular weight is 284 g/mol. The third-order valence-electron chi connectivity index (χ3n) is 2.86. The zero-order valence-electron chi connectivity index (χ0n) is 10.2. The standard InChI is InChI=1S/C12H14ClN3OS/c1-12(2,6-10(14)17)16-9-5-7(13)3-4-8(9)15-11(16)18/h3-5H,6H2,1-2H3,(H2,14,17)(H,15,18). The Morgan fingerprint density at radius 3 is 2.83 bits per heavy atom. The van der Waals surface area contributed by atoms with Gasteiger partial charge in [0.1, 0.15) is 0 Å². The van der Waals surface area contributed by atoms with E-state index < -0.39 is 5.54 Å². The number of aromatic amines is 1. The summed E-state index contributed by atoms with van der Waals surface area (Å²) in [5, 5.41) is 0.625. The third-order valence-corrected chi connectivity index (χ3v) is 3.38. The van der Waals surface area contributed by atoms with Crippen LogP contribution in [0.3, 0.4) is 0 Å². The Kier molecular flexibility index (Phi) is 3.21. The van der Waals surface area contributed by atoms with E-state index in [9.17, 15) is 4.79 Å². The van der Waals surface area contributed by atoms with Crippen LogP contribution in [-0.2, 0) is 10.3 Å². The molecular weight excluding hydrogens is 270 g/mol. The molecule has 0 spiro atoms. The van der Waals surface area contributed by atoms with Gasteiger partial charge < -0.3 is 15.3 Å². The predicted molar refractivity (Wildman–Crippen MR) is 75.3 cm³/mol. The summed E-state index contributed by atoms with van der Waals surface area (Å²) in [4.78, 5) is 14.3. The monoisotopic (exact) mass is 283 g/mol. The smallest absolute Gasteiger partial charge is 0.219 e. The van der Waals surface area contributed by atoms with Crippen molar-refractivity contribution in [2.75, 3.05) is 0 Å².